The second-order valence-corrected chi connectivity index (χ2v) is 10.4. The van der Waals surface area contributed by atoms with Gasteiger partial charge < -0.3 is 33.9 Å². The summed E-state index contributed by atoms with van der Waals surface area (Å²) in [7, 11) is 0. The van der Waals surface area contributed by atoms with Crippen LogP contribution in [0.4, 0.5) is 0 Å². The second-order valence-electron chi connectivity index (χ2n) is 10.4. The van der Waals surface area contributed by atoms with E-state index in [2.05, 4.69) is 0 Å². The molecule has 1 fully saturated rings. The molecule has 6 atom stereocenters. The van der Waals surface area contributed by atoms with Crippen LogP contribution in [0, 0.1) is 6.92 Å². The molecule has 5 rings (SSSR count). The highest BCUT2D eigenvalue weighted by Crippen LogP contribution is 2.30. The number of hydrogen-bond acceptors (Lipinski definition) is 7. The quantitative estimate of drug-likeness (QED) is 0.242. The lowest BCUT2D eigenvalue weighted by atomic mass is 10.00. The van der Waals surface area contributed by atoms with Gasteiger partial charge in [-0.1, -0.05) is 109 Å². The normalized spacial score (nSPS) is 24.2. The van der Waals surface area contributed by atoms with Gasteiger partial charge in [0.15, 0.2) is 0 Å². The number of hydrogen-bond donors (Lipinski definition) is 2. The molecule has 4 aromatic carbocycles. The molecule has 0 aromatic heterocycles. The first-order chi connectivity index (χ1) is 20.6. The van der Waals surface area contributed by atoms with E-state index >= 15 is 0 Å². The number of para-hydroxylation sites is 1. The molecule has 0 aliphatic carbocycles. The lowest BCUT2D eigenvalue weighted by Gasteiger charge is -2.33. The van der Waals surface area contributed by atoms with Crippen molar-refractivity contribution in [2.75, 3.05) is 6.61 Å². The fourth-order valence-corrected chi connectivity index (χ4v) is 4.93. The van der Waals surface area contributed by atoms with E-state index in [0.29, 0.717) is 12.4 Å². The van der Waals surface area contributed by atoms with Gasteiger partial charge in [0.1, 0.15) is 36.3 Å². The molecule has 2 N–H and O–H groups in total. The minimum atomic E-state index is -1.42. The highest BCUT2D eigenvalue weighted by molar-refractivity contribution is 5.32. The average Bonchev–Trinajstić information content (AvgIpc) is 3.12. The molecular weight excluding hydrogens is 532 g/mol. The Hall–Kier alpha value is -3.56. The van der Waals surface area contributed by atoms with Crippen LogP contribution in [-0.4, -0.2) is 53.6 Å². The molecule has 1 heterocycles. The maximum absolute atomic E-state index is 11.5. The Labute approximate surface area is 247 Å². The molecule has 1 saturated heterocycles. The summed E-state index contributed by atoms with van der Waals surface area (Å²) >= 11 is 0. The van der Waals surface area contributed by atoms with Crippen LogP contribution in [0.25, 0.3) is 0 Å². The fourth-order valence-electron chi connectivity index (χ4n) is 4.93. The monoisotopic (exact) mass is 570 g/mol. The second kappa shape index (κ2) is 15.1. The summed E-state index contributed by atoms with van der Waals surface area (Å²) in [5, 5.41) is 22.9. The predicted molar refractivity (Wildman–Crippen MR) is 159 cm³/mol. The van der Waals surface area contributed by atoms with Crippen molar-refractivity contribution >= 4 is 0 Å². The Morgan fingerprint density at radius 1 is 0.595 bits per heavy atom. The maximum Gasteiger partial charge on any atom is 0.229 e. The minimum absolute atomic E-state index is 0.118. The van der Waals surface area contributed by atoms with E-state index < -0.39 is 36.8 Å². The number of benzene rings is 4. The third-order valence-corrected chi connectivity index (χ3v) is 7.27. The van der Waals surface area contributed by atoms with Gasteiger partial charge in [-0.15, -0.1) is 0 Å². The zero-order chi connectivity index (χ0) is 29.1. The molecule has 220 valence electrons. The highest BCUT2D eigenvalue weighted by Gasteiger charge is 2.48. The molecule has 1 aliphatic heterocycles. The Kier molecular flexibility index (Phi) is 10.7. The van der Waals surface area contributed by atoms with Crippen molar-refractivity contribution in [3.05, 3.63) is 138 Å². The van der Waals surface area contributed by atoms with Crippen LogP contribution >= 0.6 is 0 Å². The van der Waals surface area contributed by atoms with Gasteiger partial charge in [-0.05, 0) is 35.2 Å². The van der Waals surface area contributed by atoms with Crippen molar-refractivity contribution in [1.29, 1.82) is 0 Å². The largest absolute Gasteiger partial charge is 0.462 e. The van der Waals surface area contributed by atoms with E-state index in [1.165, 1.54) is 0 Å². The number of aryl methyl sites for hydroxylation is 1. The van der Waals surface area contributed by atoms with Gasteiger partial charge in [0.25, 0.3) is 0 Å². The van der Waals surface area contributed by atoms with Crippen molar-refractivity contribution < 1.29 is 33.9 Å². The third-order valence-electron chi connectivity index (χ3n) is 7.27. The van der Waals surface area contributed by atoms with Crippen LogP contribution in [0.15, 0.2) is 115 Å². The van der Waals surface area contributed by atoms with E-state index in [4.69, 9.17) is 23.7 Å². The number of aliphatic hydroxyl groups is 2. The molecule has 42 heavy (non-hydrogen) atoms. The Balaban J connectivity index is 1.43. The van der Waals surface area contributed by atoms with E-state index in [0.717, 1.165) is 22.3 Å². The number of aliphatic hydroxyl groups excluding tert-OH is 2. The smallest absolute Gasteiger partial charge is 0.229 e. The molecule has 0 unspecified atom stereocenters. The molecular formula is C35H38O7. The van der Waals surface area contributed by atoms with Crippen molar-refractivity contribution in [2.45, 2.75) is 63.6 Å². The third kappa shape index (κ3) is 8.04. The molecule has 4 aromatic rings. The van der Waals surface area contributed by atoms with Gasteiger partial charge in [-0.25, -0.2) is 0 Å². The summed E-state index contributed by atoms with van der Waals surface area (Å²) in [6, 6.07) is 36.7. The first-order valence-corrected chi connectivity index (χ1v) is 14.2. The zero-order valence-corrected chi connectivity index (χ0v) is 23.7. The minimum Gasteiger partial charge on any atom is -0.462 e. The maximum atomic E-state index is 11.5. The zero-order valence-electron chi connectivity index (χ0n) is 23.7. The molecule has 0 bridgehead atoms. The highest BCUT2D eigenvalue weighted by atomic mass is 16.7. The van der Waals surface area contributed by atoms with Crippen molar-refractivity contribution in [3.63, 3.8) is 0 Å². The van der Waals surface area contributed by atoms with E-state index in [9.17, 15) is 10.2 Å². The van der Waals surface area contributed by atoms with Crippen LogP contribution in [0.5, 0.6) is 5.75 Å². The summed E-state index contributed by atoms with van der Waals surface area (Å²) in [4.78, 5) is 0. The summed E-state index contributed by atoms with van der Waals surface area (Å²) in [6.45, 7) is 2.85. The predicted octanol–water partition coefficient (Wildman–Crippen LogP) is 5.21. The van der Waals surface area contributed by atoms with Crippen LogP contribution in [-0.2, 0) is 38.8 Å². The Morgan fingerprint density at radius 2 is 1.10 bits per heavy atom. The summed E-state index contributed by atoms with van der Waals surface area (Å²) < 4.78 is 31.5. The van der Waals surface area contributed by atoms with Gasteiger partial charge in [-0.3, -0.25) is 0 Å². The van der Waals surface area contributed by atoms with E-state index in [1.54, 1.807) is 6.07 Å². The summed E-state index contributed by atoms with van der Waals surface area (Å²) in [5.74, 6) is 0.545. The topological polar surface area (TPSA) is 86.6 Å². The van der Waals surface area contributed by atoms with Gasteiger partial charge in [0, 0.05) is 0 Å². The molecule has 0 amide bonds. The molecule has 1 aliphatic rings. The lowest BCUT2D eigenvalue weighted by molar-refractivity contribution is -0.206. The van der Waals surface area contributed by atoms with Crippen LogP contribution in [0.2, 0.25) is 0 Å². The van der Waals surface area contributed by atoms with E-state index in [1.807, 2.05) is 116 Å². The summed E-state index contributed by atoms with van der Waals surface area (Å²) in [5.41, 5.74) is 3.77. The van der Waals surface area contributed by atoms with E-state index in [-0.39, 0.29) is 19.8 Å². The molecule has 0 radical (unpaired) electrons. The Bertz CT molecular complexity index is 1340. The van der Waals surface area contributed by atoms with Crippen LogP contribution < -0.4 is 4.74 Å². The van der Waals surface area contributed by atoms with Crippen molar-refractivity contribution in [2.24, 2.45) is 0 Å². The first kappa shape index (κ1) is 29.9. The average molecular weight is 571 g/mol. The summed E-state index contributed by atoms with van der Waals surface area (Å²) in [6.07, 6.45) is -6.46. The van der Waals surface area contributed by atoms with Gasteiger partial charge in [0.05, 0.1) is 26.4 Å². The van der Waals surface area contributed by atoms with Crippen molar-refractivity contribution in [1.82, 2.24) is 0 Å². The van der Waals surface area contributed by atoms with Crippen LogP contribution in [0.3, 0.4) is 0 Å². The molecule has 7 heteroatoms. The lowest BCUT2D eigenvalue weighted by Crippen LogP contribution is -2.50. The molecule has 7 nitrogen and oxygen atoms in total. The molecule has 0 saturated carbocycles. The van der Waals surface area contributed by atoms with Gasteiger partial charge in [-0.2, -0.15) is 0 Å². The fraction of sp³-hybridized carbons (Fsp3) is 0.314. The van der Waals surface area contributed by atoms with Gasteiger partial charge in [0.2, 0.25) is 6.29 Å². The Morgan fingerprint density at radius 3 is 1.67 bits per heavy atom. The molecule has 0 spiro atoms. The number of rotatable bonds is 12. The SMILES string of the molecule is Cc1ccccc1O[C@H]1O[C@H](COCc2ccccc2)[C@@H](OCc2ccccc2)[C@H](OCc2ccccc2)[C@H](O)[C@H]1O. The first-order valence-electron chi connectivity index (χ1n) is 14.2. The number of ether oxygens (including phenoxy) is 5. The van der Waals surface area contributed by atoms with Crippen LogP contribution in [0.1, 0.15) is 22.3 Å². The van der Waals surface area contributed by atoms with Gasteiger partial charge >= 0.3 is 0 Å². The standard InChI is InChI=1S/C35H38O7/c1-25-13-11-12-20-29(25)41-35-32(37)31(36)34(40-23-28-18-9-4-10-19-28)33(39-22-27-16-7-3-8-17-27)30(42-35)24-38-21-26-14-5-2-6-15-26/h2-20,30-37H,21-24H2,1H3/t30-,31-,32-,33-,34-,35+/m1/s1. The van der Waals surface area contributed by atoms with Crippen molar-refractivity contribution in [3.8, 4) is 5.75 Å².